The summed E-state index contributed by atoms with van der Waals surface area (Å²) in [5.74, 6) is 3.42. The summed E-state index contributed by atoms with van der Waals surface area (Å²) in [6.45, 7) is 0. The number of halogens is 1. The van der Waals surface area contributed by atoms with Crippen LogP contribution in [0, 0.1) is 0 Å². The van der Waals surface area contributed by atoms with Gasteiger partial charge in [-0.1, -0.05) is 23.9 Å². The Kier molecular flexibility index (Phi) is 6.25. The molecule has 4 rings (SSSR count). The lowest BCUT2D eigenvalue weighted by Crippen LogP contribution is -2.14. The first-order valence-corrected chi connectivity index (χ1v) is 9.25. The number of benzene rings is 2. The van der Waals surface area contributed by atoms with Gasteiger partial charge in [0.2, 0.25) is 5.16 Å². The van der Waals surface area contributed by atoms with E-state index in [0.717, 1.165) is 27.7 Å². The van der Waals surface area contributed by atoms with Crippen LogP contribution in [0.3, 0.4) is 0 Å². The number of para-hydroxylation sites is 1. The third-order valence-corrected chi connectivity index (χ3v) is 5.17. The highest BCUT2D eigenvalue weighted by atomic mass is 79.9. The summed E-state index contributed by atoms with van der Waals surface area (Å²) >= 11 is 1.59. The minimum atomic E-state index is 0. The van der Waals surface area contributed by atoms with E-state index >= 15 is 0 Å². The highest BCUT2D eigenvalue weighted by Gasteiger charge is 2.23. The lowest BCUT2D eigenvalue weighted by Gasteiger charge is -2.16. The van der Waals surface area contributed by atoms with Crippen LogP contribution in [-0.2, 0) is 0 Å². The van der Waals surface area contributed by atoms with E-state index in [0.29, 0.717) is 23.1 Å². The smallest absolute Gasteiger partial charge is 0.212 e. The van der Waals surface area contributed by atoms with E-state index in [1.807, 2.05) is 42.5 Å². The van der Waals surface area contributed by atoms with Crippen LogP contribution < -0.4 is 14.2 Å². The van der Waals surface area contributed by atoms with Crippen molar-refractivity contribution in [1.29, 1.82) is 0 Å². The van der Waals surface area contributed by atoms with E-state index in [4.69, 9.17) is 19.3 Å². The van der Waals surface area contributed by atoms with Gasteiger partial charge in [-0.15, -0.1) is 27.2 Å². The molecule has 0 atom stereocenters. The molecule has 0 saturated carbocycles. The molecular formula is C19H19BrN4O3S. The number of fused-ring (bicyclic) bond motifs is 1. The molecule has 1 aromatic heterocycles. The van der Waals surface area contributed by atoms with Crippen molar-refractivity contribution in [1.82, 2.24) is 14.9 Å². The van der Waals surface area contributed by atoms with E-state index < -0.39 is 0 Å². The number of ether oxygens (including phenoxy) is 3. The van der Waals surface area contributed by atoms with Crippen LogP contribution in [0.5, 0.6) is 17.2 Å². The molecule has 28 heavy (non-hydrogen) atoms. The average Bonchev–Trinajstić information content (AvgIpc) is 3.16. The number of thioether (sulfide) groups is 1. The fourth-order valence-corrected chi connectivity index (χ4v) is 3.72. The zero-order valence-electron chi connectivity index (χ0n) is 15.6. The molecule has 0 amide bonds. The first-order valence-electron chi connectivity index (χ1n) is 8.27. The molecular weight excluding hydrogens is 444 g/mol. The third-order valence-electron chi connectivity index (χ3n) is 4.24. The van der Waals surface area contributed by atoms with Crippen molar-refractivity contribution in [2.24, 2.45) is 5.10 Å². The molecule has 0 radical (unpaired) electrons. The lowest BCUT2D eigenvalue weighted by molar-refractivity contribution is 0.355. The summed E-state index contributed by atoms with van der Waals surface area (Å²) in [4.78, 5) is 0. The third kappa shape index (κ3) is 3.59. The van der Waals surface area contributed by atoms with Gasteiger partial charge in [0.15, 0.2) is 17.3 Å². The molecule has 0 saturated heterocycles. The van der Waals surface area contributed by atoms with Crippen molar-refractivity contribution in [2.45, 2.75) is 5.16 Å². The number of aromatic nitrogens is 3. The molecule has 0 bridgehead atoms. The Morgan fingerprint density at radius 3 is 2.39 bits per heavy atom. The predicted octanol–water partition coefficient (Wildman–Crippen LogP) is 3.91. The van der Waals surface area contributed by atoms with Crippen molar-refractivity contribution in [3.63, 3.8) is 0 Å². The fraction of sp³-hybridized carbons (Fsp3) is 0.211. The van der Waals surface area contributed by atoms with Crippen molar-refractivity contribution in [3.8, 4) is 28.6 Å². The summed E-state index contributed by atoms with van der Waals surface area (Å²) in [5.41, 5.74) is 2.71. The maximum atomic E-state index is 5.46. The summed E-state index contributed by atoms with van der Waals surface area (Å²) < 4.78 is 17.9. The minimum Gasteiger partial charge on any atom is -0.496 e. The molecule has 9 heteroatoms. The van der Waals surface area contributed by atoms with Gasteiger partial charge in [-0.25, -0.2) is 0 Å². The molecule has 2 aromatic carbocycles. The van der Waals surface area contributed by atoms with Crippen molar-refractivity contribution < 1.29 is 14.2 Å². The molecule has 0 spiro atoms. The molecule has 0 fully saturated rings. The lowest BCUT2D eigenvalue weighted by atomic mass is 10.1. The van der Waals surface area contributed by atoms with Gasteiger partial charge in [0.25, 0.3) is 0 Å². The molecule has 2 heterocycles. The van der Waals surface area contributed by atoms with Gasteiger partial charge in [0.1, 0.15) is 5.75 Å². The summed E-state index contributed by atoms with van der Waals surface area (Å²) in [6, 6.07) is 13.5. The molecule has 0 N–H and O–H groups in total. The average molecular weight is 463 g/mol. The van der Waals surface area contributed by atoms with Crippen molar-refractivity contribution in [3.05, 3.63) is 48.0 Å². The van der Waals surface area contributed by atoms with E-state index in [1.54, 1.807) is 37.8 Å². The van der Waals surface area contributed by atoms with E-state index in [-0.39, 0.29) is 17.0 Å². The highest BCUT2D eigenvalue weighted by molar-refractivity contribution is 8.93. The van der Waals surface area contributed by atoms with Gasteiger partial charge in [-0.3, -0.25) is 0 Å². The predicted molar refractivity (Wildman–Crippen MR) is 115 cm³/mol. The Balaban J connectivity index is 0.00000225. The van der Waals surface area contributed by atoms with Gasteiger partial charge in [-0.05, 0) is 30.3 Å². The van der Waals surface area contributed by atoms with E-state index in [9.17, 15) is 0 Å². The SMILES string of the molecule is Br.COc1ccc(C2=Nn3c(nnc3-c3ccccc3OC)SC2)cc1OC. The van der Waals surface area contributed by atoms with Gasteiger partial charge < -0.3 is 14.2 Å². The maximum Gasteiger partial charge on any atom is 0.212 e. The number of hydrogen-bond donors (Lipinski definition) is 0. The van der Waals surface area contributed by atoms with Crippen LogP contribution in [0.25, 0.3) is 11.4 Å². The van der Waals surface area contributed by atoms with E-state index in [1.165, 1.54) is 0 Å². The molecule has 1 aliphatic rings. The summed E-state index contributed by atoms with van der Waals surface area (Å²) in [6.07, 6.45) is 0. The fourth-order valence-electron chi connectivity index (χ4n) is 2.88. The Labute approximate surface area is 177 Å². The molecule has 0 aliphatic carbocycles. The summed E-state index contributed by atoms with van der Waals surface area (Å²) in [7, 11) is 4.88. The standard InChI is InChI=1S/C19H18N4O3S.BrH/c1-24-15-7-5-4-6-13(15)18-20-21-19-23(18)22-14(11-27-19)12-8-9-16(25-2)17(10-12)26-3;/h4-10H,11H2,1-3H3;1H. The monoisotopic (exact) mass is 462 g/mol. The van der Waals surface area contributed by atoms with Crippen LogP contribution in [0.15, 0.2) is 52.7 Å². The van der Waals surface area contributed by atoms with Crippen LogP contribution in [0.1, 0.15) is 5.56 Å². The number of nitrogens with zero attached hydrogens (tertiary/aromatic N) is 4. The highest BCUT2D eigenvalue weighted by Crippen LogP contribution is 2.34. The molecule has 146 valence electrons. The largest absolute Gasteiger partial charge is 0.496 e. The minimum absolute atomic E-state index is 0. The molecule has 3 aromatic rings. The zero-order chi connectivity index (χ0) is 18.8. The Morgan fingerprint density at radius 2 is 1.64 bits per heavy atom. The molecule has 0 unspecified atom stereocenters. The van der Waals surface area contributed by atoms with Gasteiger partial charge in [0.05, 0.1) is 32.6 Å². The van der Waals surface area contributed by atoms with Gasteiger partial charge in [0, 0.05) is 11.3 Å². The second kappa shape index (κ2) is 8.66. The van der Waals surface area contributed by atoms with Gasteiger partial charge in [-0.2, -0.15) is 9.78 Å². The quantitative estimate of drug-likeness (QED) is 0.572. The van der Waals surface area contributed by atoms with Crippen LogP contribution in [0.4, 0.5) is 0 Å². The molecule has 7 nitrogen and oxygen atoms in total. The number of hydrogen-bond acceptors (Lipinski definition) is 7. The van der Waals surface area contributed by atoms with Crippen LogP contribution in [-0.4, -0.2) is 47.7 Å². The Hall–Kier alpha value is -2.52. The Morgan fingerprint density at radius 1 is 0.893 bits per heavy atom. The molecule has 1 aliphatic heterocycles. The van der Waals surface area contributed by atoms with E-state index in [2.05, 4.69) is 10.2 Å². The topological polar surface area (TPSA) is 70.8 Å². The van der Waals surface area contributed by atoms with Crippen molar-refractivity contribution in [2.75, 3.05) is 27.1 Å². The first kappa shape index (κ1) is 20.2. The van der Waals surface area contributed by atoms with Crippen LogP contribution >= 0.6 is 28.7 Å². The van der Waals surface area contributed by atoms with Gasteiger partial charge >= 0.3 is 0 Å². The second-order valence-corrected chi connectivity index (χ2v) is 6.67. The van der Waals surface area contributed by atoms with Crippen LogP contribution in [0.2, 0.25) is 0 Å². The maximum absolute atomic E-state index is 5.46. The zero-order valence-corrected chi connectivity index (χ0v) is 18.1. The number of methoxy groups -OCH3 is 3. The van der Waals surface area contributed by atoms with Crippen molar-refractivity contribution >= 4 is 34.5 Å². The first-order chi connectivity index (χ1) is 13.2. The second-order valence-electron chi connectivity index (χ2n) is 5.72. The Bertz CT molecular complexity index is 1020. The normalized spacial score (nSPS) is 12.5. The number of rotatable bonds is 5. The summed E-state index contributed by atoms with van der Waals surface area (Å²) in [5, 5.41) is 14.1.